The lowest BCUT2D eigenvalue weighted by Crippen LogP contribution is -1.93. The second-order valence-electron chi connectivity index (χ2n) is 13.5. The predicted octanol–water partition coefficient (Wildman–Crippen LogP) is 16.0. The number of hydrogen-bond donors (Lipinski definition) is 0. The lowest BCUT2D eigenvalue weighted by Gasteiger charge is -2.20. The Kier molecular flexibility index (Phi) is 3.86. The van der Waals surface area contributed by atoms with E-state index in [0.717, 1.165) is 5.39 Å². The van der Waals surface area contributed by atoms with Crippen molar-refractivity contribution in [3.8, 4) is 44.5 Å². The van der Waals surface area contributed by atoms with Gasteiger partial charge in [-0.25, -0.2) is 0 Å². The molecule has 0 aliphatic heterocycles. The zero-order chi connectivity index (χ0) is 55.7. The van der Waals surface area contributed by atoms with Crippen molar-refractivity contribution in [1.82, 2.24) is 0 Å². The van der Waals surface area contributed by atoms with E-state index >= 15 is 0 Å². The van der Waals surface area contributed by atoms with Crippen LogP contribution >= 0.6 is 0 Å². The molecule has 0 amide bonds. The van der Waals surface area contributed by atoms with Gasteiger partial charge in [-0.05, 0) is 116 Å². The molecule has 1 nitrogen and oxygen atoms in total. The number of benzene rings is 11. The topological polar surface area (TPSA) is 13.1 Å². The fourth-order valence-electron chi connectivity index (χ4n) is 8.14. The molecule has 57 heavy (non-hydrogen) atoms. The van der Waals surface area contributed by atoms with Gasteiger partial charge in [-0.3, -0.25) is 0 Å². The molecule has 11 aromatic carbocycles. The highest BCUT2D eigenvalue weighted by atomic mass is 16.3. The molecular formula is C56H34O. The van der Waals surface area contributed by atoms with Gasteiger partial charge in [-0.1, -0.05) is 188 Å². The molecular weight excluding hydrogens is 689 g/mol. The monoisotopic (exact) mass is 743 g/mol. The van der Waals surface area contributed by atoms with E-state index in [0.29, 0.717) is 16.3 Å². The van der Waals surface area contributed by atoms with E-state index in [1.165, 1.54) is 6.07 Å². The highest BCUT2D eigenvalue weighted by molar-refractivity contribution is 6.26. The first kappa shape index (κ1) is 17.5. The van der Waals surface area contributed by atoms with Crippen molar-refractivity contribution in [3.63, 3.8) is 0 Å². The highest BCUT2D eigenvalue weighted by Gasteiger charge is 2.21. The van der Waals surface area contributed by atoms with E-state index in [1.54, 1.807) is 48.5 Å². The summed E-state index contributed by atoms with van der Waals surface area (Å²) in [6.07, 6.45) is 0. The molecule has 0 atom stereocenters. The summed E-state index contributed by atoms with van der Waals surface area (Å²) < 4.78 is 200. The Hall–Kier alpha value is -7.48. The zero-order valence-corrected chi connectivity index (χ0v) is 29.4. The van der Waals surface area contributed by atoms with Crippen LogP contribution in [0.5, 0.6) is 0 Å². The van der Waals surface area contributed by atoms with Gasteiger partial charge in [0.1, 0.15) is 11.2 Å². The molecule has 0 radical (unpaired) electrons. The van der Waals surface area contributed by atoms with Crippen molar-refractivity contribution in [3.05, 3.63) is 206 Å². The molecule has 0 N–H and O–H groups in total. The Balaban J connectivity index is 1.30. The summed E-state index contributed by atoms with van der Waals surface area (Å²) in [6.45, 7) is 0. The molecule has 1 aromatic heterocycles. The minimum atomic E-state index is -0.843. The molecule has 0 spiro atoms. The van der Waals surface area contributed by atoms with E-state index in [1.807, 2.05) is 24.3 Å². The molecule has 0 aliphatic rings. The summed E-state index contributed by atoms with van der Waals surface area (Å²) in [6, 6.07) is 7.75. The highest BCUT2D eigenvalue weighted by Crippen LogP contribution is 2.48. The quantitative estimate of drug-likeness (QED) is 0.164. The van der Waals surface area contributed by atoms with Gasteiger partial charge in [0.05, 0.1) is 28.8 Å². The molecule has 1 heteroatoms. The third-order valence-corrected chi connectivity index (χ3v) is 10.5. The van der Waals surface area contributed by atoms with Crippen LogP contribution in [0, 0.1) is 0 Å². The van der Waals surface area contributed by atoms with Crippen LogP contribution in [0.1, 0.15) is 28.8 Å². The lowest BCUT2D eigenvalue weighted by atomic mass is 9.82. The summed E-state index contributed by atoms with van der Waals surface area (Å²) in [4.78, 5) is 0. The van der Waals surface area contributed by atoms with Crippen LogP contribution in [0.3, 0.4) is 0 Å². The minimum absolute atomic E-state index is 0.0416. The third-order valence-electron chi connectivity index (χ3n) is 10.5. The molecule has 264 valence electrons. The second kappa shape index (κ2) is 12.5. The maximum Gasteiger partial charge on any atom is 0.136 e. The van der Waals surface area contributed by atoms with Crippen molar-refractivity contribution >= 4 is 75.8 Å². The van der Waals surface area contributed by atoms with Gasteiger partial charge in [0.25, 0.3) is 0 Å². The summed E-state index contributed by atoms with van der Waals surface area (Å²) in [5.74, 6) is 0. The Morgan fingerprint density at radius 1 is 0.316 bits per heavy atom. The second-order valence-corrected chi connectivity index (χ2v) is 13.5. The predicted molar refractivity (Wildman–Crippen MR) is 243 cm³/mol. The number of furan rings is 1. The average Bonchev–Trinajstić information content (AvgIpc) is 3.77. The van der Waals surface area contributed by atoms with Crippen LogP contribution in [0.15, 0.2) is 210 Å². The van der Waals surface area contributed by atoms with Crippen LogP contribution in [0.25, 0.3) is 120 Å². The Labute approximate surface area is 359 Å². The summed E-state index contributed by atoms with van der Waals surface area (Å²) in [5.41, 5.74) is -1.12. The molecule has 0 saturated carbocycles. The number of rotatable bonds is 4. The molecule has 0 fully saturated rings. The third kappa shape index (κ3) is 4.83. The average molecular weight is 744 g/mol. The Morgan fingerprint density at radius 3 is 1.67 bits per heavy atom. The SMILES string of the molecule is [2H]c1c(-c2cccc3cccc(-c4c5c([2H])c([2H])c([2H])c([2H])c5c(-c5c([2H])c([2H])c([2H])c6c([2H])c([2H])c([2H])c([2H])c56)c5c([2H])c([2H])c([2H])c([2H])c45)c23)c([2H])c2c(oc3c([2H])c([2H])c([2H])c(-c4cccc5ccccc45)c32)c1[2H]. The van der Waals surface area contributed by atoms with E-state index in [2.05, 4.69) is 0 Å². The lowest BCUT2D eigenvalue weighted by molar-refractivity contribution is 0.669. The maximum atomic E-state index is 10.1. The van der Waals surface area contributed by atoms with E-state index in [-0.39, 0.29) is 78.0 Å². The van der Waals surface area contributed by atoms with Gasteiger partial charge in [-0.2, -0.15) is 0 Å². The normalized spacial score (nSPS) is 17.0. The molecule has 12 aromatic rings. The summed E-state index contributed by atoms with van der Waals surface area (Å²) in [7, 11) is 0. The molecule has 0 bridgehead atoms. The molecule has 12 rings (SSSR count). The van der Waals surface area contributed by atoms with E-state index in [4.69, 9.17) is 20.9 Å². The minimum Gasteiger partial charge on any atom is -0.456 e. The largest absolute Gasteiger partial charge is 0.456 e. The summed E-state index contributed by atoms with van der Waals surface area (Å²) in [5, 5.41) is -0.648. The molecule has 0 aliphatic carbocycles. The Morgan fingerprint density at radius 2 is 0.895 bits per heavy atom. The van der Waals surface area contributed by atoms with E-state index in [9.17, 15) is 12.3 Å². The molecule has 0 unspecified atom stereocenters. The van der Waals surface area contributed by atoms with Gasteiger partial charge in [0.2, 0.25) is 0 Å². The van der Waals surface area contributed by atoms with Crippen LogP contribution in [-0.2, 0) is 0 Å². The number of fused-ring (bicyclic) bond motifs is 8. The van der Waals surface area contributed by atoms with Crippen LogP contribution in [-0.4, -0.2) is 0 Å². The van der Waals surface area contributed by atoms with Crippen molar-refractivity contribution in [2.45, 2.75) is 0 Å². The summed E-state index contributed by atoms with van der Waals surface area (Å²) >= 11 is 0. The van der Waals surface area contributed by atoms with E-state index < -0.39 is 147 Å². The molecule has 0 saturated heterocycles. The van der Waals surface area contributed by atoms with Gasteiger partial charge in [-0.15, -0.1) is 0 Å². The van der Waals surface area contributed by atoms with Crippen molar-refractivity contribution in [2.75, 3.05) is 0 Å². The fraction of sp³-hybridized carbons (Fsp3) is 0. The fourth-order valence-corrected chi connectivity index (χ4v) is 8.14. The number of hydrogen-bond acceptors (Lipinski definition) is 1. The van der Waals surface area contributed by atoms with Crippen molar-refractivity contribution in [1.29, 1.82) is 0 Å². The maximum absolute atomic E-state index is 10.1. The molecule has 1 heterocycles. The first-order valence-electron chi connectivity index (χ1n) is 28.5. The van der Waals surface area contributed by atoms with Crippen molar-refractivity contribution in [2.24, 2.45) is 0 Å². The van der Waals surface area contributed by atoms with Gasteiger partial charge >= 0.3 is 0 Å². The van der Waals surface area contributed by atoms with Gasteiger partial charge < -0.3 is 4.42 Å². The standard InChI is InChI=1S/C56H34O/c1-3-20-39-35(14-1)16-9-27-42(39)44-29-13-31-52-56(44)50-34-38(32-33-51(50)57-52)41-26-11-18-37-19-12-30-49(53(37)41)55-47-24-7-5-22-45(47)54(46-23-6-8-25-48(46)55)43-28-10-17-36-15-2-4-21-40(36)43/h1-34H/i2D,4D,5D,6D,7D,8D,10D,13D,15D,17D,21D,22D,23D,24D,25D,28D,29D,31D,32D,33D,34D. The smallest absolute Gasteiger partial charge is 0.136 e. The van der Waals surface area contributed by atoms with Crippen molar-refractivity contribution < 1.29 is 33.2 Å². The Bertz CT molecular complexity index is 4710. The van der Waals surface area contributed by atoms with Crippen LogP contribution < -0.4 is 0 Å². The van der Waals surface area contributed by atoms with Gasteiger partial charge in [0, 0.05) is 10.8 Å². The zero-order valence-electron chi connectivity index (χ0n) is 50.4. The van der Waals surface area contributed by atoms with Gasteiger partial charge in [0.15, 0.2) is 0 Å². The first-order valence-corrected chi connectivity index (χ1v) is 18.0. The first-order chi connectivity index (χ1) is 37.0. The van der Waals surface area contributed by atoms with Crippen LogP contribution in [0.2, 0.25) is 0 Å². The van der Waals surface area contributed by atoms with Crippen LogP contribution in [0.4, 0.5) is 0 Å².